The molecule has 1 N–H and O–H groups in total. The molecule has 20 heavy (non-hydrogen) atoms. The Morgan fingerprint density at radius 3 is 2.95 bits per heavy atom. The van der Waals surface area contributed by atoms with Crippen LogP contribution in [0.2, 0.25) is 0 Å². The third kappa shape index (κ3) is 3.93. The van der Waals surface area contributed by atoms with Crippen molar-refractivity contribution < 1.29 is 14.3 Å². The van der Waals surface area contributed by atoms with Crippen molar-refractivity contribution in [3.8, 4) is 0 Å². The molecule has 4 nitrogen and oxygen atoms in total. The lowest BCUT2D eigenvalue weighted by Gasteiger charge is -2.22. The molecule has 1 heterocycles. The Kier molecular flexibility index (Phi) is 5.35. The molecule has 1 aliphatic rings. The van der Waals surface area contributed by atoms with E-state index in [0.29, 0.717) is 0 Å². The fraction of sp³-hybridized carbons (Fsp3) is 0.467. The number of rotatable bonds is 5. The number of methoxy groups -OCH3 is 1. The van der Waals surface area contributed by atoms with E-state index in [9.17, 15) is 9.59 Å². The first-order valence-electron chi connectivity index (χ1n) is 6.76. The van der Waals surface area contributed by atoms with Crippen LogP contribution in [0.3, 0.4) is 0 Å². The van der Waals surface area contributed by atoms with E-state index in [1.807, 2.05) is 23.6 Å². The van der Waals surface area contributed by atoms with Crippen LogP contribution in [0.4, 0.5) is 0 Å². The summed E-state index contributed by atoms with van der Waals surface area (Å²) in [6, 6.07) is 3.56. The van der Waals surface area contributed by atoms with Gasteiger partial charge in [-0.05, 0) is 30.7 Å². The Morgan fingerprint density at radius 1 is 1.50 bits per heavy atom. The van der Waals surface area contributed by atoms with E-state index in [-0.39, 0.29) is 30.3 Å². The van der Waals surface area contributed by atoms with Crippen molar-refractivity contribution in [2.24, 2.45) is 5.92 Å². The molecule has 108 valence electrons. The quantitative estimate of drug-likeness (QED) is 0.671. The maximum absolute atomic E-state index is 12.3. The van der Waals surface area contributed by atoms with Crippen molar-refractivity contribution in [2.45, 2.75) is 31.7 Å². The Morgan fingerprint density at radius 2 is 2.35 bits per heavy atom. The fourth-order valence-corrected chi connectivity index (χ4v) is 3.06. The van der Waals surface area contributed by atoms with Gasteiger partial charge in [0.05, 0.1) is 19.6 Å². The largest absolute Gasteiger partial charge is 0.469 e. The summed E-state index contributed by atoms with van der Waals surface area (Å²) in [4.78, 5) is 24.8. The van der Waals surface area contributed by atoms with Crippen molar-refractivity contribution in [1.82, 2.24) is 5.32 Å². The van der Waals surface area contributed by atoms with Crippen LogP contribution in [-0.4, -0.2) is 19.0 Å². The Labute approximate surface area is 122 Å². The number of ether oxygens (including phenoxy) is 1. The number of allylic oxidation sites excluding steroid dienone is 2. The molecule has 0 aliphatic heterocycles. The summed E-state index contributed by atoms with van der Waals surface area (Å²) in [6.45, 7) is 0. The van der Waals surface area contributed by atoms with Crippen LogP contribution in [-0.2, 0) is 14.3 Å². The van der Waals surface area contributed by atoms with E-state index < -0.39 is 0 Å². The molecule has 1 aromatic rings. The second-order valence-corrected chi connectivity index (χ2v) is 5.82. The molecule has 0 spiro atoms. The van der Waals surface area contributed by atoms with Gasteiger partial charge >= 0.3 is 5.97 Å². The number of thiophene rings is 1. The highest BCUT2D eigenvalue weighted by molar-refractivity contribution is 7.10. The van der Waals surface area contributed by atoms with Gasteiger partial charge in [0.25, 0.3) is 0 Å². The second-order valence-electron chi connectivity index (χ2n) is 4.84. The molecule has 0 saturated heterocycles. The third-order valence-electron chi connectivity index (χ3n) is 3.44. The minimum Gasteiger partial charge on any atom is -0.469 e. The van der Waals surface area contributed by atoms with Gasteiger partial charge in [-0.1, -0.05) is 18.2 Å². The molecule has 1 aromatic heterocycles. The van der Waals surface area contributed by atoms with Gasteiger partial charge < -0.3 is 10.1 Å². The number of esters is 1. The zero-order valence-corrected chi connectivity index (χ0v) is 12.3. The normalized spacial score (nSPS) is 19.4. The number of carbonyl (C=O) groups is 2. The molecule has 1 amide bonds. The van der Waals surface area contributed by atoms with Crippen molar-refractivity contribution in [3.63, 3.8) is 0 Å². The molecular weight excluding hydrogens is 274 g/mol. The van der Waals surface area contributed by atoms with E-state index in [1.54, 1.807) is 0 Å². The zero-order chi connectivity index (χ0) is 14.4. The van der Waals surface area contributed by atoms with Crippen LogP contribution in [0.25, 0.3) is 0 Å². The van der Waals surface area contributed by atoms with Crippen molar-refractivity contribution in [3.05, 3.63) is 34.5 Å². The molecule has 0 unspecified atom stereocenters. The average molecular weight is 293 g/mol. The van der Waals surface area contributed by atoms with Gasteiger partial charge in [0.2, 0.25) is 5.91 Å². The monoisotopic (exact) mass is 293 g/mol. The first-order chi connectivity index (χ1) is 9.70. The highest BCUT2D eigenvalue weighted by Gasteiger charge is 2.24. The third-order valence-corrected chi connectivity index (χ3v) is 4.43. The van der Waals surface area contributed by atoms with Crippen LogP contribution in [0.1, 0.15) is 36.6 Å². The van der Waals surface area contributed by atoms with Crippen LogP contribution >= 0.6 is 11.3 Å². The van der Waals surface area contributed by atoms with Gasteiger partial charge in [0, 0.05) is 10.8 Å². The van der Waals surface area contributed by atoms with E-state index in [2.05, 4.69) is 11.4 Å². The Bertz CT molecular complexity index is 481. The molecule has 0 radical (unpaired) electrons. The number of hydrogen-bond acceptors (Lipinski definition) is 4. The van der Waals surface area contributed by atoms with Gasteiger partial charge in [-0.2, -0.15) is 0 Å². The SMILES string of the molecule is COC(=O)C[C@H](NC(=O)[C@@H]1CC=CCC1)c1cccs1. The number of carbonyl (C=O) groups excluding carboxylic acids is 2. The van der Waals surface area contributed by atoms with E-state index in [1.165, 1.54) is 18.4 Å². The lowest BCUT2D eigenvalue weighted by molar-refractivity contribution is -0.141. The summed E-state index contributed by atoms with van der Waals surface area (Å²) in [6.07, 6.45) is 6.92. The standard InChI is InChI=1S/C15H19NO3S/c1-19-14(17)10-12(13-8-5-9-20-13)16-15(18)11-6-3-2-4-7-11/h2-3,5,8-9,11-12H,4,6-7,10H2,1H3,(H,16,18)/t11-,12+/m1/s1. The number of nitrogens with one attached hydrogen (secondary N) is 1. The minimum atomic E-state index is -0.313. The molecule has 0 fully saturated rings. The average Bonchev–Trinajstić information content (AvgIpc) is 3.01. The Balaban J connectivity index is 2.01. The molecular formula is C15H19NO3S. The maximum atomic E-state index is 12.3. The van der Waals surface area contributed by atoms with E-state index in [0.717, 1.165) is 24.1 Å². The lowest BCUT2D eigenvalue weighted by atomic mass is 9.93. The van der Waals surface area contributed by atoms with Gasteiger partial charge in [-0.3, -0.25) is 9.59 Å². The molecule has 2 atom stereocenters. The van der Waals surface area contributed by atoms with Crippen LogP contribution in [0.5, 0.6) is 0 Å². The van der Waals surface area contributed by atoms with Crippen molar-refractivity contribution >= 4 is 23.2 Å². The molecule has 1 aliphatic carbocycles. The van der Waals surface area contributed by atoms with Crippen molar-refractivity contribution in [1.29, 1.82) is 0 Å². The maximum Gasteiger partial charge on any atom is 0.307 e. The van der Waals surface area contributed by atoms with Gasteiger partial charge in [0.1, 0.15) is 0 Å². The smallest absolute Gasteiger partial charge is 0.307 e. The summed E-state index contributed by atoms with van der Waals surface area (Å²) >= 11 is 1.54. The van der Waals surface area contributed by atoms with E-state index >= 15 is 0 Å². The van der Waals surface area contributed by atoms with Gasteiger partial charge in [-0.15, -0.1) is 11.3 Å². The lowest BCUT2D eigenvalue weighted by Crippen LogP contribution is -2.35. The summed E-state index contributed by atoms with van der Waals surface area (Å²) in [7, 11) is 1.36. The predicted molar refractivity (Wildman–Crippen MR) is 78.3 cm³/mol. The topological polar surface area (TPSA) is 55.4 Å². The number of hydrogen-bond donors (Lipinski definition) is 1. The predicted octanol–water partition coefficient (Wildman–Crippen LogP) is 2.82. The van der Waals surface area contributed by atoms with Crippen LogP contribution < -0.4 is 5.32 Å². The second kappa shape index (κ2) is 7.24. The molecule has 2 rings (SSSR count). The molecule has 0 saturated carbocycles. The minimum absolute atomic E-state index is 0.0140. The highest BCUT2D eigenvalue weighted by atomic mass is 32.1. The van der Waals surface area contributed by atoms with Crippen LogP contribution in [0, 0.1) is 5.92 Å². The highest BCUT2D eigenvalue weighted by Crippen LogP contribution is 2.25. The van der Waals surface area contributed by atoms with Crippen LogP contribution in [0.15, 0.2) is 29.7 Å². The first-order valence-corrected chi connectivity index (χ1v) is 7.64. The number of amides is 1. The van der Waals surface area contributed by atoms with Crippen molar-refractivity contribution in [2.75, 3.05) is 7.11 Å². The molecule has 0 bridgehead atoms. The molecule has 0 aromatic carbocycles. The van der Waals surface area contributed by atoms with Gasteiger partial charge in [-0.25, -0.2) is 0 Å². The molecule has 5 heteroatoms. The summed E-state index contributed by atoms with van der Waals surface area (Å²) < 4.78 is 4.71. The Hall–Kier alpha value is -1.62. The fourth-order valence-electron chi connectivity index (χ4n) is 2.28. The summed E-state index contributed by atoms with van der Waals surface area (Å²) in [5.74, 6) is -0.274. The zero-order valence-electron chi connectivity index (χ0n) is 11.5. The van der Waals surface area contributed by atoms with Gasteiger partial charge in [0.15, 0.2) is 0 Å². The first kappa shape index (κ1) is 14.8. The van der Waals surface area contributed by atoms with E-state index in [4.69, 9.17) is 4.74 Å². The summed E-state index contributed by atoms with van der Waals surface area (Å²) in [5.41, 5.74) is 0. The summed E-state index contributed by atoms with van der Waals surface area (Å²) in [5, 5.41) is 4.93.